The molecule has 0 bridgehead atoms. The molecule has 102 valence electrons. The van der Waals surface area contributed by atoms with Crippen molar-refractivity contribution < 1.29 is 4.79 Å². The Morgan fingerprint density at radius 1 is 1.53 bits per heavy atom. The molecule has 2 aliphatic rings. The highest BCUT2D eigenvalue weighted by atomic mass is 32.2. The van der Waals surface area contributed by atoms with Gasteiger partial charge in [-0.1, -0.05) is 23.5 Å². The molecular weight excluding hydrogens is 298 g/mol. The average Bonchev–Trinajstić information content (AvgIpc) is 3.02. The highest BCUT2D eigenvalue weighted by Gasteiger charge is 2.19. The smallest absolute Gasteiger partial charge is 0.236 e. The topological polar surface area (TPSA) is 54.4 Å². The van der Waals surface area contributed by atoms with Crippen molar-refractivity contribution in [3.63, 3.8) is 0 Å². The highest BCUT2D eigenvalue weighted by molar-refractivity contribution is 8.39. The lowest BCUT2D eigenvalue weighted by Crippen LogP contribution is -2.14. The number of aliphatic imine (C=N–C) groups is 1. The van der Waals surface area contributed by atoms with Crippen molar-refractivity contribution in [1.82, 2.24) is 4.98 Å². The van der Waals surface area contributed by atoms with Crippen molar-refractivity contribution in [3.8, 4) is 0 Å². The monoisotopic (exact) mass is 313 g/mol. The molecule has 7 heteroatoms. The van der Waals surface area contributed by atoms with Gasteiger partial charge in [-0.05, 0) is 26.2 Å². The first-order valence-electron chi connectivity index (χ1n) is 6.32. The van der Waals surface area contributed by atoms with Gasteiger partial charge in [0, 0.05) is 10.6 Å². The summed E-state index contributed by atoms with van der Waals surface area (Å²) in [5.74, 6) is 1.46. The lowest BCUT2D eigenvalue weighted by Gasteiger charge is -2.01. The number of aryl methyl sites for hydroxylation is 2. The van der Waals surface area contributed by atoms with Crippen LogP contribution in [0.3, 0.4) is 0 Å². The number of thiazole rings is 1. The summed E-state index contributed by atoms with van der Waals surface area (Å²) in [6.45, 7) is 2.09. The van der Waals surface area contributed by atoms with Crippen LogP contribution in [-0.4, -0.2) is 32.8 Å². The number of nitrogens with one attached hydrogen (secondary N) is 1. The predicted molar refractivity (Wildman–Crippen MR) is 84.6 cm³/mol. The number of nitrogens with zero attached hydrogens (tertiary/aromatic N) is 2. The van der Waals surface area contributed by atoms with Gasteiger partial charge in [0.15, 0.2) is 5.13 Å². The van der Waals surface area contributed by atoms with Crippen molar-refractivity contribution in [2.24, 2.45) is 4.99 Å². The Bertz CT molecular complexity index is 505. The van der Waals surface area contributed by atoms with E-state index < -0.39 is 0 Å². The number of hydrogen-bond donors (Lipinski definition) is 1. The van der Waals surface area contributed by atoms with Crippen LogP contribution in [0.4, 0.5) is 5.13 Å². The van der Waals surface area contributed by atoms with Crippen LogP contribution in [0, 0.1) is 0 Å². The number of fused-ring (bicyclic) bond motifs is 1. The summed E-state index contributed by atoms with van der Waals surface area (Å²) in [7, 11) is 0. The standard InChI is InChI=1S/C12H15N3OS3/c1-7-5-17-12(13-7)18-6-10(16)15-11-14-8-3-2-4-9(8)19-11/h7H,2-6H2,1H3,(H,14,15,16)/t7-/m0/s1. The Labute approximate surface area is 124 Å². The number of thioether (sulfide) groups is 2. The third-order valence-corrected chi connectivity index (χ3v) is 6.48. The molecule has 1 N–H and O–H groups in total. The SMILES string of the molecule is C[C@H]1CSC(SCC(=O)Nc2nc3c(s2)CCC3)=N1. The molecule has 4 nitrogen and oxygen atoms in total. The molecule has 1 aromatic heterocycles. The lowest BCUT2D eigenvalue weighted by molar-refractivity contribution is -0.113. The van der Waals surface area contributed by atoms with E-state index in [4.69, 9.17) is 0 Å². The van der Waals surface area contributed by atoms with Gasteiger partial charge in [0.25, 0.3) is 0 Å². The van der Waals surface area contributed by atoms with Gasteiger partial charge in [0.2, 0.25) is 5.91 Å². The van der Waals surface area contributed by atoms with Crippen molar-refractivity contribution in [1.29, 1.82) is 0 Å². The zero-order chi connectivity index (χ0) is 13.2. The third kappa shape index (κ3) is 3.32. The van der Waals surface area contributed by atoms with Crippen LogP contribution in [0.2, 0.25) is 0 Å². The van der Waals surface area contributed by atoms with Gasteiger partial charge >= 0.3 is 0 Å². The minimum absolute atomic E-state index is 0.0141. The quantitative estimate of drug-likeness (QED) is 0.932. The number of rotatable bonds is 3. The maximum absolute atomic E-state index is 11.8. The van der Waals surface area contributed by atoms with E-state index in [0.717, 1.165) is 28.1 Å². The van der Waals surface area contributed by atoms with Crippen LogP contribution in [0.25, 0.3) is 0 Å². The normalized spacial score (nSPS) is 21.3. The average molecular weight is 313 g/mol. The molecule has 0 unspecified atom stereocenters. The molecule has 3 rings (SSSR count). The van der Waals surface area contributed by atoms with Gasteiger partial charge in [0.1, 0.15) is 4.38 Å². The van der Waals surface area contributed by atoms with E-state index >= 15 is 0 Å². The first-order chi connectivity index (χ1) is 9.20. The largest absolute Gasteiger partial charge is 0.301 e. The number of aromatic nitrogens is 1. The second-order valence-corrected chi connectivity index (χ2v) is 7.95. The Kier molecular flexibility index (Phi) is 4.14. The highest BCUT2D eigenvalue weighted by Crippen LogP contribution is 2.30. The van der Waals surface area contributed by atoms with Gasteiger partial charge in [-0.3, -0.25) is 9.79 Å². The number of hydrogen-bond acceptors (Lipinski definition) is 6. The molecule has 0 saturated carbocycles. The molecule has 1 aromatic rings. The van der Waals surface area contributed by atoms with Gasteiger partial charge in [-0.25, -0.2) is 4.98 Å². The number of carbonyl (C=O) groups is 1. The van der Waals surface area contributed by atoms with Crippen LogP contribution >= 0.6 is 34.9 Å². The summed E-state index contributed by atoms with van der Waals surface area (Å²) in [6, 6.07) is 0.387. The van der Waals surface area contributed by atoms with Crippen molar-refractivity contribution in [2.75, 3.05) is 16.8 Å². The molecule has 1 amide bonds. The van der Waals surface area contributed by atoms with Crippen LogP contribution in [-0.2, 0) is 17.6 Å². The summed E-state index contributed by atoms with van der Waals surface area (Å²) in [6.07, 6.45) is 3.37. The molecule has 0 aromatic carbocycles. The van der Waals surface area contributed by atoms with Gasteiger partial charge in [-0.15, -0.1) is 11.3 Å². The lowest BCUT2D eigenvalue weighted by atomic mass is 10.4. The molecule has 0 saturated heterocycles. The fourth-order valence-electron chi connectivity index (χ4n) is 2.05. The summed E-state index contributed by atoms with van der Waals surface area (Å²) in [4.78, 5) is 22.1. The first kappa shape index (κ1) is 13.5. The summed E-state index contributed by atoms with van der Waals surface area (Å²) in [5.41, 5.74) is 1.18. The second-order valence-electron chi connectivity index (χ2n) is 4.63. The minimum Gasteiger partial charge on any atom is -0.301 e. The maximum Gasteiger partial charge on any atom is 0.236 e. The van der Waals surface area contributed by atoms with E-state index in [2.05, 4.69) is 22.2 Å². The molecule has 2 heterocycles. The summed E-state index contributed by atoms with van der Waals surface area (Å²) < 4.78 is 1.03. The number of anilines is 1. The number of carbonyl (C=O) groups excluding carboxylic acids is 1. The predicted octanol–water partition coefficient (Wildman–Crippen LogP) is 2.79. The van der Waals surface area contributed by atoms with E-state index in [1.165, 1.54) is 28.8 Å². The Balaban J connectivity index is 1.49. The molecule has 0 fully saturated rings. The first-order valence-corrected chi connectivity index (χ1v) is 9.11. The van der Waals surface area contributed by atoms with Crippen LogP contribution < -0.4 is 5.32 Å². The van der Waals surface area contributed by atoms with E-state index in [1.807, 2.05) is 0 Å². The molecule has 1 aliphatic heterocycles. The maximum atomic E-state index is 11.8. The van der Waals surface area contributed by atoms with Crippen LogP contribution in [0.1, 0.15) is 23.9 Å². The molecular formula is C12H15N3OS3. The van der Waals surface area contributed by atoms with E-state index in [1.54, 1.807) is 23.1 Å². The van der Waals surface area contributed by atoms with E-state index in [-0.39, 0.29) is 5.91 Å². The molecule has 1 atom stereocenters. The molecule has 0 spiro atoms. The van der Waals surface area contributed by atoms with Crippen molar-refractivity contribution in [3.05, 3.63) is 10.6 Å². The minimum atomic E-state index is 0.0141. The fraction of sp³-hybridized carbons (Fsp3) is 0.583. The Hall–Kier alpha value is -0.530. The van der Waals surface area contributed by atoms with Gasteiger partial charge < -0.3 is 5.32 Å². The van der Waals surface area contributed by atoms with Crippen LogP contribution in [0.15, 0.2) is 4.99 Å². The van der Waals surface area contributed by atoms with Crippen LogP contribution in [0.5, 0.6) is 0 Å². The molecule has 1 aliphatic carbocycles. The zero-order valence-corrected chi connectivity index (χ0v) is 13.1. The number of amides is 1. The fourth-order valence-corrected chi connectivity index (χ4v) is 5.13. The Morgan fingerprint density at radius 2 is 2.42 bits per heavy atom. The van der Waals surface area contributed by atoms with Gasteiger partial charge in [0.05, 0.1) is 17.5 Å². The van der Waals surface area contributed by atoms with Crippen molar-refractivity contribution in [2.45, 2.75) is 32.2 Å². The molecule has 0 radical (unpaired) electrons. The van der Waals surface area contributed by atoms with Crippen molar-refractivity contribution >= 4 is 50.3 Å². The second kappa shape index (κ2) is 5.85. The third-order valence-electron chi connectivity index (χ3n) is 2.94. The zero-order valence-electron chi connectivity index (χ0n) is 10.6. The van der Waals surface area contributed by atoms with Gasteiger partial charge in [-0.2, -0.15) is 0 Å². The summed E-state index contributed by atoms with van der Waals surface area (Å²) >= 11 is 4.88. The summed E-state index contributed by atoms with van der Waals surface area (Å²) in [5, 5.41) is 3.64. The van der Waals surface area contributed by atoms with E-state index in [0.29, 0.717) is 11.8 Å². The Morgan fingerprint density at radius 3 is 3.16 bits per heavy atom. The molecule has 19 heavy (non-hydrogen) atoms. The van der Waals surface area contributed by atoms with E-state index in [9.17, 15) is 4.79 Å².